The Balaban J connectivity index is 2.27. The zero-order chi connectivity index (χ0) is 13.5. The van der Waals surface area contributed by atoms with E-state index in [1.165, 1.54) is 0 Å². The van der Waals surface area contributed by atoms with Gasteiger partial charge in [-0.25, -0.2) is 4.79 Å². The van der Waals surface area contributed by atoms with E-state index in [2.05, 4.69) is 24.3 Å². The first-order valence-electron chi connectivity index (χ1n) is 6.72. The standard InChI is InChI=1S/C13H27N3O2/c1-11(6-8-18-4)14-13(17)16-7-5-12(10-16)9-15(2)3/h11-12H,5-10H2,1-4H3,(H,14,17)/t11-,12-/m1/s1. The lowest BCUT2D eigenvalue weighted by atomic mass is 10.1. The Labute approximate surface area is 110 Å². The van der Waals surface area contributed by atoms with E-state index in [-0.39, 0.29) is 12.1 Å². The van der Waals surface area contributed by atoms with Crippen LogP contribution in [0.3, 0.4) is 0 Å². The highest BCUT2D eigenvalue weighted by atomic mass is 16.5. The van der Waals surface area contributed by atoms with E-state index in [0.717, 1.165) is 32.5 Å². The van der Waals surface area contributed by atoms with Gasteiger partial charge in [-0.05, 0) is 39.8 Å². The molecule has 0 spiro atoms. The minimum Gasteiger partial charge on any atom is -0.385 e. The van der Waals surface area contributed by atoms with E-state index >= 15 is 0 Å². The van der Waals surface area contributed by atoms with Crippen molar-refractivity contribution in [2.24, 2.45) is 5.92 Å². The number of hydrogen-bond donors (Lipinski definition) is 1. The van der Waals surface area contributed by atoms with Crippen molar-refractivity contribution < 1.29 is 9.53 Å². The number of hydrogen-bond acceptors (Lipinski definition) is 3. The molecule has 18 heavy (non-hydrogen) atoms. The number of likely N-dealkylation sites (tertiary alicyclic amines) is 1. The number of nitrogens with one attached hydrogen (secondary N) is 1. The van der Waals surface area contributed by atoms with Gasteiger partial charge in [0.2, 0.25) is 0 Å². The predicted molar refractivity (Wildman–Crippen MR) is 72.7 cm³/mol. The summed E-state index contributed by atoms with van der Waals surface area (Å²) >= 11 is 0. The van der Waals surface area contributed by atoms with Crippen LogP contribution in [0.25, 0.3) is 0 Å². The maximum atomic E-state index is 12.0. The van der Waals surface area contributed by atoms with E-state index in [0.29, 0.717) is 12.5 Å². The summed E-state index contributed by atoms with van der Waals surface area (Å²) in [6, 6.07) is 0.241. The first kappa shape index (κ1) is 15.2. The van der Waals surface area contributed by atoms with E-state index in [9.17, 15) is 4.79 Å². The average Bonchev–Trinajstić information content (AvgIpc) is 2.73. The zero-order valence-electron chi connectivity index (χ0n) is 12.1. The molecule has 1 fully saturated rings. The lowest BCUT2D eigenvalue weighted by Crippen LogP contribution is -2.43. The Bertz CT molecular complexity index is 259. The van der Waals surface area contributed by atoms with Gasteiger partial charge in [0.15, 0.2) is 0 Å². The molecule has 1 aliphatic heterocycles. The fraction of sp³-hybridized carbons (Fsp3) is 0.923. The molecular weight excluding hydrogens is 230 g/mol. The van der Waals surface area contributed by atoms with Crippen molar-refractivity contribution >= 4 is 6.03 Å². The summed E-state index contributed by atoms with van der Waals surface area (Å²) in [5, 5.41) is 3.02. The maximum Gasteiger partial charge on any atom is 0.317 e. The third kappa shape index (κ3) is 5.23. The fourth-order valence-electron chi connectivity index (χ4n) is 2.35. The van der Waals surface area contributed by atoms with Crippen LogP contribution in [-0.4, -0.2) is 69.3 Å². The van der Waals surface area contributed by atoms with Crippen LogP contribution in [0, 0.1) is 5.92 Å². The number of urea groups is 1. The van der Waals surface area contributed by atoms with Crippen LogP contribution in [0.2, 0.25) is 0 Å². The molecule has 2 amide bonds. The lowest BCUT2D eigenvalue weighted by Gasteiger charge is -2.21. The molecule has 1 heterocycles. The van der Waals surface area contributed by atoms with Crippen molar-refractivity contribution in [1.29, 1.82) is 0 Å². The third-order valence-corrected chi connectivity index (χ3v) is 3.32. The van der Waals surface area contributed by atoms with Gasteiger partial charge in [0.05, 0.1) is 0 Å². The second kappa shape index (κ2) is 7.59. The molecule has 0 radical (unpaired) electrons. The van der Waals surface area contributed by atoms with Gasteiger partial charge in [-0.1, -0.05) is 0 Å². The van der Waals surface area contributed by atoms with Crippen molar-refractivity contribution in [3.63, 3.8) is 0 Å². The highest BCUT2D eigenvalue weighted by molar-refractivity contribution is 5.74. The maximum absolute atomic E-state index is 12.0. The number of amides is 2. The molecule has 0 aromatic carbocycles. The molecule has 1 saturated heterocycles. The van der Waals surface area contributed by atoms with Crippen molar-refractivity contribution in [1.82, 2.24) is 15.1 Å². The Hall–Kier alpha value is -0.810. The van der Waals surface area contributed by atoms with Crippen molar-refractivity contribution in [3.8, 4) is 0 Å². The molecule has 1 rings (SSSR count). The van der Waals surface area contributed by atoms with Crippen LogP contribution >= 0.6 is 0 Å². The number of methoxy groups -OCH3 is 1. The summed E-state index contributed by atoms with van der Waals surface area (Å²) in [7, 11) is 5.84. The van der Waals surface area contributed by atoms with Crippen molar-refractivity contribution in [2.75, 3.05) is 47.4 Å². The van der Waals surface area contributed by atoms with Crippen molar-refractivity contribution in [2.45, 2.75) is 25.8 Å². The Kier molecular flexibility index (Phi) is 6.43. The molecule has 0 aromatic rings. The highest BCUT2D eigenvalue weighted by Crippen LogP contribution is 2.16. The molecule has 1 aliphatic rings. The molecule has 0 bridgehead atoms. The fourth-order valence-corrected chi connectivity index (χ4v) is 2.35. The normalized spacial score (nSPS) is 21.4. The van der Waals surface area contributed by atoms with Gasteiger partial charge in [-0.2, -0.15) is 0 Å². The molecule has 0 unspecified atom stereocenters. The summed E-state index contributed by atoms with van der Waals surface area (Å²) in [6.07, 6.45) is 1.97. The molecule has 106 valence electrons. The summed E-state index contributed by atoms with van der Waals surface area (Å²) < 4.78 is 5.01. The van der Waals surface area contributed by atoms with Gasteiger partial charge in [0.25, 0.3) is 0 Å². The van der Waals surface area contributed by atoms with Gasteiger partial charge in [-0.3, -0.25) is 0 Å². The van der Waals surface area contributed by atoms with E-state index in [1.54, 1.807) is 7.11 Å². The van der Waals surface area contributed by atoms with Gasteiger partial charge in [0.1, 0.15) is 0 Å². The van der Waals surface area contributed by atoms with E-state index < -0.39 is 0 Å². The van der Waals surface area contributed by atoms with Crippen LogP contribution in [-0.2, 0) is 4.74 Å². The second-order valence-corrected chi connectivity index (χ2v) is 5.49. The Morgan fingerprint density at radius 2 is 2.28 bits per heavy atom. The highest BCUT2D eigenvalue weighted by Gasteiger charge is 2.26. The molecule has 0 saturated carbocycles. The molecule has 2 atom stereocenters. The number of nitrogens with zero attached hydrogens (tertiary/aromatic N) is 2. The molecule has 1 N–H and O–H groups in total. The summed E-state index contributed by atoms with van der Waals surface area (Å²) in [5.41, 5.74) is 0. The second-order valence-electron chi connectivity index (χ2n) is 5.49. The van der Waals surface area contributed by atoms with Gasteiger partial charge >= 0.3 is 6.03 Å². The van der Waals surface area contributed by atoms with Gasteiger partial charge in [0, 0.05) is 39.4 Å². The van der Waals surface area contributed by atoms with Gasteiger partial charge < -0.3 is 19.9 Å². The number of carbonyl (C=O) groups excluding carboxylic acids is 1. The lowest BCUT2D eigenvalue weighted by molar-refractivity contribution is 0.177. The van der Waals surface area contributed by atoms with E-state index in [1.807, 2.05) is 11.8 Å². The molecular formula is C13H27N3O2. The quantitative estimate of drug-likeness (QED) is 0.772. The van der Waals surface area contributed by atoms with E-state index in [4.69, 9.17) is 4.74 Å². The third-order valence-electron chi connectivity index (χ3n) is 3.32. The van der Waals surface area contributed by atoms with Crippen LogP contribution in [0.1, 0.15) is 19.8 Å². The summed E-state index contributed by atoms with van der Waals surface area (Å²) in [5.74, 6) is 0.611. The first-order valence-corrected chi connectivity index (χ1v) is 6.72. The molecule has 0 aliphatic carbocycles. The Morgan fingerprint density at radius 3 is 2.89 bits per heavy atom. The Morgan fingerprint density at radius 1 is 1.56 bits per heavy atom. The topological polar surface area (TPSA) is 44.8 Å². The zero-order valence-corrected chi connectivity index (χ0v) is 12.1. The summed E-state index contributed by atoms with van der Waals surface area (Å²) in [4.78, 5) is 16.1. The monoisotopic (exact) mass is 257 g/mol. The van der Waals surface area contributed by atoms with Crippen LogP contribution in [0.5, 0.6) is 0 Å². The first-order chi connectivity index (χ1) is 8.52. The molecule has 0 aromatic heterocycles. The number of ether oxygens (including phenoxy) is 1. The number of rotatable bonds is 6. The predicted octanol–water partition coefficient (Wildman–Crippen LogP) is 1.00. The molecule has 5 heteroatoms. The summed E-state index contributed by atoms with van der Waals surface area (Å²) in [6.45, 7) is 5.51. The molecule has 5 nitrogen and oxygen atoms in total. The number of carbonyl (C=O) groups is 1. The smallest absolute Gasteiger partial charge is 0.317 e. The van der Waals surface area contributed by atoms with Crippen LogP contribution in [0.15, 0.2) is 0 Å². The van der Waals surface area contributed by atoms with Gasteiger partial charge in [-0.15, -0.1) is 0 Å². The SMILES string of the molecule is COCC[C@@H](C)NC(=O)N1CC[C@H](CN(C)C)C1. The van der Waals surface area contributed by atoms with Crippen molar-refractivity contribution in [3.05, 3.63) is 0 Å². The minimum atomic E-state index is 0.0693. The van der Waals surface area contributed by atoms with Crippen LogP contribution in [0.4, 0.5) is 4.79 Å². The largest absolute Gasteiger partial charge is 0.385 e. The average molecular weight is 257 g/mol. The van der Waals surface area contributed by atoms with Crippen LogP contribution < -0.4 is 5.32 Å². The minimum absolute atomic E-state index is 0.0693.